The third-order valence-electron chi connectivity index (χ3n) is 3.52. The Morgan fingerprint density at radius 2 is 1.96 bits per heavy atom. The van der Waals surface area contributed by atoms with E-state index in [0.29, 0.717) is 23.1 Å². The first-order valence-corrected chi connectivity index (χ1v) is 8.95. The zero-order valence-electron chi connectivity index (χ0n) is 15.1. The zero-order valence-corrected chi connectivity index (χ0v) is 15.9. The van der Waals surface area contributed by atoms with Gasteiger partial charge in [-0.2, -0.15) is 0 Å². The number of thiophene rings is 1. The van der Waals surface area contributed by atoms with Gasteiger partial charge in [0.25, 0.3) is 11.8 Å². The van der Waals surface area contributed by atoms with Gasteiger partial charge in [0.2, 0.25) is 0 Å². The molecule has 1 atom stereocenters. The zero-order chi connectivity index (χ0) is 20.0. The maximum atomic E-state index is 12.3. The van der Waals surface area contributed by atoms with Gasteiger partial charge < -0.3 is 25.3 Å². The lowest BCUT2D eigenvalue weighted by Crippen LogP contribution is -2.30. The number of methoxy groups -OCH3 is 1. The fraction of sp³-hybridized carbons (Fsp3) is 0.278. The molecule has 0 radical (unpaired) electrons. The second kappa shape index (κ2) is 9.04. The molecule has 1 aromatic heterocycles. The Morgan fingerprint density at radius 3 is 2.59 bits per heavy atom. The van der Waals surface area contributed by atoms with Gasteiger partial charge in [-0.05, 0) is 43.5 Å². The number of primary amides is 1. The molecule has 0 bridgehead atoms. The summed E-state index contributed by atoms with van der Waals surface area (Å²) in [6.07, 6.45) is -1.09. The molecule has 0 spiro atoms. The second-order valence-corrected chi connectivity index (χ2v) is 6.28. The van der Waals surface area contributed by atoms with Crippen LogP contribution in [-0.4, -0.2) is 37.6 Å². The number of carbonyl (C=O) groups excluding carboxylic acids is 3. The van der Waals surface area contributed by atoms with E-state index in [1.165, 1.54) is 32.2 Å². The van der Waals surface area contributed by atoms with E-state index in [1.54, 1.807) is 11.4 Å². The van der Waals surface area contributed by atoms with Crippen LogP contribution in [0, 0.1) is 0 Å². The molecule has 0 fully saturated rings. The average Bonchev–Trinajstić information content (AvgIpc) is 3.10. The van der Waals surface area contributed by atoms with Crippen molar-refractivity contribution in [2.24, 2.45) is 5.73 Å². The maximum Gasteiger partial charge on any atom is 0.339 e. The Bertz CT molecular complexity index is 848. The van der Waals surface area contributed by atoms with Gasteiger partial charge in [0.15, 0.2) is 17.6 Å². The third kappa shape index (κ3) is 4.98. The summed E-state index contributed by atoms with van der Waals surface area (Å²) in [6.45, 7) is 3.71. The second-order valence-electron chi connectivity index (χ2n) is 5.36. The summed E-state index contributed by atoms with van der Waals surface area (Å²) in [5, 5.41) is 4.46. The van der Waals surface area contributed by atoms with Gasteiger partial charge in [-0.3, -0.25) is 9.59 Å². The van der Waals surface area contributed by atoms with Crippen LogP contribution in [0.3, 0.4) is 0 Å². The number of amides is 2. The lowest BCUT2D eigenvalue weighted by molar-refractivity contribution is -0.123. The van der Waals surface area contributed by atoms with E-state index in [-0.39, 0.29) is 11.1 Å². The Kier molecular flexibility index (Phi) is 6.78. The summed E-state index contributed by atoms with van der Waals surface area (Å²) in [6, 6.07) is 6.09. The fourth-order valence-corrected chi connectivity index (χ4v) is 2.96. The molecule has 0 saturated heterocycles. The molecule has 0 aliphatic rings. The highest BCUT2D eigenvalue weighted by Gasteiger charge is 2.22. The fourth-order valence-electron chi connectivity index (χ4n) is 2.17. The summed E-state index contributed by atoms with van der Waals surface area (Å²) in [4.78, 5) is 35.8. The molecule has 0 saturated carbocycles. The Balaban J connectivity index is 2.05. The van der Waals surface area contributed by atoms with Gasteiger partial charge in [-0.1, -0.05) is 0 Å². The van der Waals surface area contributed by atoms with Crippen molar-refractivity contribution in [3.05, 3.63) is 40.8 Å². The van der Waals surface area contributed by atoms with Crippen molar-refractivity contribution in [1.82, 2.24) is 0 Å². The van der Waals surface area contributed by atoms with E-state index in [4.69, 9.17) is 19.9 Å². The monoisotopic (exact) mass is 392 g/mol. The molecule has 1 heterocycles. The predicted molar refractivity (Wildman–Crippen MR) is 101 cm³/mol. The lowest BCUT2D eigenvalue weighted by Gasteiger charge is -2.14. The molecule has 9 heteroatoms. The SMILES string of the molecule is CCOc1ccc(C(=O)O[C@H](C)C(=O)Nc2sccc2C(N)=O)cc1OC. The van der Waals surface area contributed by atoms with Gasteiger partial charge in [-0.25, -0.2) is 4.79 Å². The van der Waals surface area contributed by atoms with Crippen LogP contribution >= 0.6 is 11.3 Å². The molecule has 8 nitrogen and oxygen atoms in total. The number of hydrogen-bond donors (Lipinski definition) is 2. The third-order valence-corrected chi connectivity index (χ3v) is 4.35. The first kappa shape index (κ1) is 20.2. The highest BCUT2D eigenvalue weighted by molar-refractivity contribution is 7.14. The number of hydrogen-bond acceptors (Lipinski definition) is 7. The average molecular weight is 392 g/mol. The van der Waals surface area contributed by atoms with Crippen LogP contribution in [0.4, 0.5) is 5.00 Å². The van der Waals surface area contributed by atoms with Crippen molar-refractivity contribution < 1.29 is 28.6 Å². The largest absolute Gasteiger partial charge is 0.493 e. The van der Waals surface area contributed by atoms with E-state index in [9.17, 15) is 14.4 Å². The van der Waals surface area contributed by atoms with Crippen LogP contribution in [-0.2, 0) is 9.53 Å². The van der Waals surface area contributed by atoms with Crippen LogP contribution in [0.5, 0.6) is 11.5 Å². The molecule has 3 N–H and O–H groups in total. The molecule has 144 valence electrons. The summed E-state index contributed by atoms with van der Waals surface area (Å²) in [5.41, 5.74) is 5.65. The van der Waals surface area contributed by atoms with Crippen molar-refractivity contribution in [1.29, 1.82) is 0 Å². The highest BCUT2D eigenvalue weighted by atomic mass is 32.1. The van der Waals surface area contributed by atoms with Crippen molar-refractivity contribution in [3.63, 3.8) is 0 Å². The highest BCUT2D eigenvalue weighted by Crippen LogP contribution is 2.28. The minimum atomic E-state index is -1.09. The lowest BCUT2D eigenvalue weighted by atomic mass is 10.2. The number of rotatable bonds is 8. The number of esters is 1. The van der Waals surface area contributed by atoms with Crippen LogP contribution in [0.1, 0.15) is 34.6 Å². The number of ether oxygens (including phenoxy) is 3. The van der Waals surface area contributed by atoms with E-state index in [2.05, 4.69) is 5.32 Å². The minimum absolute atomic E-state index is 0.197. The van der Waals surface area contributed by atoms with Gasteiger partial charge >= 0.3 is 5.97 Å². The number of benzene rings is 1. The van der Waals surface area contributed by atoms with Crippen LogP contribution in [0.2, 0.25) is 0 Å². The summed E-state index contributed by atoms with van der Waals surface area (Å²) < 4.78 is 15.8. The topological polar surface area (TPSA) is 117 Å². The summed E-state index contributed by atoms with van der Waals surface area (Å²) in [5.74, 6) is -1.05. The first-order chi connectivity index (χ1) is 12.9. The van der Waals surface area contributed by atoms with Crippen molar-refractivity contribution in [3.8, 4) is 11.5 Å². The van der Waals surface area contributed by atoms with Gasteiger partial charge in [0.1, 0.15) is 5.00 Å². The normalized spacial score (nSPS) is 11.4. The van der Waals surface area contributed by atoms with Crippen molar-refractivity contribution in [2.45, 2.75) is 20.0 Å². The Hall–Kier alpha value is -3.07. The number of carbonyl (C=O) groups is 3. The van der Waals surface area contributed by atoms with Crippen molar-refractivity contribution in [2.75, 3.05) is 19.0 Å². The smallest absolute Gasteiger partial charge is 0.339 e. The minimum Gasteiger partial charge on any atom is -0.493 e. The molecule has 0 aliphatic heterocycles. The molecule has 2 aromatic rings. The molecule has 0 unspecified atom stereocenters. The predicted octanol–water partition coefficient (Wildman–Crippen LogP) is 2.44. The van der Waals surface area contributed by atoms with Crippen LogP contribution < -0.4 is 20.5 Å². The van der Waals surface area contributed by atoms with Gasteiger partial charge in [-0.15, -0.1) is 11.3 Å². The standard InChI is InChI=1S/C18H20N2O6S/c1-4-25-13-6-5-11(9-14(13)24-3)18(23)26-10(2)16(22)20-17-12(15(19)21)7-8-27-17/h5-10H,4H2,1-3H3,(H2,19,21)(H,20,22)/t10-/m1/s1. The molecule has 0 aliphatic carbocycles. The first-order valence-electron chi connectivity index (χ1n) is 8.07. The van der Waals surface area contributed by atoms with E-state index in [1.807, 2.05) is 6.92 Å². The molecule has 2 amide bonds. The summed E-state index contributed by atoms with van der Waals surface area (Å²) in [7, 11) is 1.46. The van der Waals surface area contributed by atoms with Crippen molar-refractivity contribution >= 4 is 34.1 Å². The molecule has 1 aromatic carbocycles. The van der Waals surface area contributed by atoms with E-state index < -0.39 is 23.9 Å². The Labute approximate surface area is 160 Å². The van der Waals surface area contributed by atoms with E-state index in [0.717, 1.165) is 11.3 Å². The number of nitrogens with one attached hydrogen (secondary N) is 1. The molecular formula is C18H20N2O6S. The molecular weight excluding hydrogens is 372 g/mol. The Morgan fingerprint density at radius 1 is 1.22 bits per heavy atom. The van der Waals surface area contributed by atoms with Gasteiger partial charge in [0.05, 0.1) is 24.8 Å². The summed E-state index contributed by atoms with van der Waals surface area (Å²) >= 11 is 1.15. The van der Waals surface area contributed by atoms with Crippen LogP contribution in [0.15, 0.2) is 29.6 Å². The number of anilines is 1. The maximum absolute atomic E-state index is 12.3. The quantitative estimate of drug-likeness (QED) is 0.667. The van der Waals surface area contributed by atoms with Crippen LogP contribution in [0.25, 0.3) is 0 Å². The molecule has 2 rings (SSSR count). The van der Waals surface area contributed by atoms with Gasteiger partial charge in [0, 0.05) is 0 Å². The van der Waals surface area contributed by atoms with E-state index >= 15 is 0 Å². The molecule has 27 heavy (non-hydrogen) atoms. The number of nitrogens with two attached hydrogens (primary N) is 1.